The Morgan fingerprint density at radius 3 is 2.32 bits per heavy atom. The number of nitrogens with zero attached hydrogens (tertiary/aromatic N) is 4. The summed E-state index contributed by atoms with van der Waals surface area (Å²) < 4.78 is 1.76. The topological polar surface area (TPSA) is 51.0 Å². The lowest BCUT2D eigenvalue weighted by Gasteiger charge is -2.19. The molecule has 0 aliphatic rings. The van der Waals surface area contributed by atoms with Gasteiger partial charge in [0.05, 0.1) is 16.6 Å². The summed E-state index contributed by atoms with van der Waals surface area (Å²) in [5, 5.41) is 5.33. The minimum absolute atomic E-state index is 0.00154. The normalized spacial score (nSPS) is 11.6. The number of rotatable bonds is 5. The first-order valence-corrected chi connectivity index (χ1v) is 9.87. The number of pyridine rings is 1. The number of aryl methyl sites for hydroxylation is 2. The molecule has 0 saturated heterocycles. The summed E-state index contributed by atoms with van der Waals surface area (Å²) in [5.74, 6) is 0.736. The second-order valence-electron chi connectivity index (χ2n) is 8.21. The molecule has 0 radical (unpaired) electrons. The molecule has 0 unspecified atom stereocenters. The van der Waals surface area contributed by atoms with Crippen molar-refractivity contribution >= 4 is 16.9 Å². The summed E-state index contributed by atoms with van der Waals surface area (Å²) in [7, 11) is 3.73. The van der Waals surface area contributed by atoms with Gasteiger partial charge in [-0.15, -0.1) is 0 Å². The second kappa shape index (κ2) is 7.74. The zero-order chi connectivity index (χ0) is 20.6. The van der Waals surface area contributed by atoms with E-state index in [1.807, 2.05) is 27.1 Å². The van der Waals surface area contributed by atoms with E-state index in [0.29, 0.717) is 18.0 Å². The summed E-state index contributed by atoms with van der Waals surface area (Å²) in [6, 6.07) is 10.4. The highest BCUT2D eigenvalue weighted by Gasteiger charge is 2.22. The molecule has 3 aromatic rings. The zero-order valence-corrected chi connectivity index (χ0v) is 17.9. The van der Waals surface area contributed by atoms with E-state index in [9.17, 15) is 4.79 Å². The standard InChI is InChI=1S/C23H30N4O/c1-14(2)18-10-8-17(9-11-18)13-26(6)23(28)19-12-20(15(3)4)24-22-21(19)16(5)25-27(22)7/h8-12,14-15H,13H2,1-7H3. The number of hydrogen-bond acceptors (Lipinski definition) is 3. The predicted octanol–water partition coefficient (Wildman–Crippen LogP) is 4.80. The minimum Gasteiger partial charge on any atom is -0.337 e. The van der Waals surface area contributed by atoms with Crippen LogP contribution in [0.4, 0.5) is 0 Å². The smallest absolute Gasteiger partial charge is 0.254 e. The highest BCUT2D eigenvalue weighted by molar-refractivity contribution is 6.06. The highest BCUT2D eigenvalue weighted by atomic mass is 16.2. The number of fused-ring (bicyclic) bond motifs is 1. The Morgan fingerprint density at radius 1 is 1.11 bits per heavy atom. The van der Waals surface area contributed by atoms with E-state index in [2.05, 4.69) is 57.1 Å². The van der Waals surface area contributed by atoms with Crippen molar-refractivity contribution in [2.24, 2.45) is 7.05 Å². The number of benzene rings is 1. The molecule has 28 heavy (non-hydrogen) atoms. The summed E-state index contributed by atoms with van der Waals surface area (Å²) in [4.78, 5) is 19.8. The third kappa shape index (κ3) is 3.79. The van der Waals surface area contributed by atoms with Crippen molar-refractivity contribution in [3.05, 3.63) is 58.4 Å². The lowest BCUT2D eigenvalue weighted by Crippen LogP contribution is -2.26. The van der Waals surface area contributed by atoms with Crippen LogP contribution in [0.15, 0.2) is 30.3 Å². The van der Waals surface area contributed by atoms with Gasteiger partial charge in [0.15, 0.2) is 5.65 Å². The van der Waals surface area contributed by atoms with Crippen LogP contribution in [0.2, 0.25) is 0 Å². The van der Waals surface area contributed by atoms with E-state index < -0.39 is 0 Å². The van der Waals surface area contributed by atoms with Gasteiger partial charge in [-0.2, -0.15) is 5.10 Å². The van der Waals surface area contributed by atoms with E-state index >= 15 is 0 Å². The SMILES string of the molecule is Cc1nn(C)c2nc(C(C)C)cc(C(=O)N(C)Cc3ccc(C(C)C)cc3)c12. The minimum atomic E-state index is -0.00154. The molecular formula is C23H30N4O. The fourth-order valence-corrected chi connectivity index (χ4v) is 3.49. The third-order valence-electron chi connectivity index (χ3n) is 5.22. The summed E-state index contributed by atoms with van der Waals surface area (Å²) in [6.07, 6.45) is 0. The molecule has 0 aliphatic heterocycles. The third-order valence-corrected chi connectivity index (χ3v) is 5.22. The lowest BCUT2D eigenvalue weighted by molar-refractivity contribution is 0.0787. The van der Waals surface area contributed by atoms with Crippen LogP contribution in [0, 0.1) is 6.92 Å². The Balaban J connectivity index is 1.95. The first-order valence-electron chi connectivity index (χ1n) is 9.87. The molecule has 0 aliphatic carbocycles. The van der Waals surface area contributed by atoms with Crippen LogP contribution >= 0.6 is 0 Å². The van der Waals surface area contributed by atoms with Crippen LogP contribution in [0.3, 0.4) is 0 Å². The molecule has 5 nitrogen and oxygen atoms in total. The Bertz CT molecular complexity index is 1000. The monoisotopic (exact) mass is 378 g/mol. The maximum Gasteiger partial charge on any atom is 0.254 e. The summed E-state index contributed by atoms with van der Waals surface area (Å²) in [6.45, 7) is 11.0. The van der Waals surface area contributed by atoms with Gasteiger partial charge < -0.3 is 4.90 Å². The van der Waals surface area contributed by atoms with Crippen LogP contribution in [-0.2, 0) is 13.6 Å². The number of carbonyl (C=O) groups excluding carboxylic acids is 1. The molecule has 2 heterocycles. The van der Waals surface area contributed by atoms with Crippen LogP contribution in [0.5, 0.6) is 0 Å². The molecule has 1 aromatic carbocycles. The molecule has 2 aromatic heterocycles. The number of carbonyl (C=O) groups is 1. The van der Waals surface area contributed by atoms with E-state index in [4.69, 9.17) is 4.98 Å². The molecule has 0 spiro atoms. The summed E-state index contributed by atoms with van der Waals surface area (Å²) in [5.41, 5.74) is 5.62. The molecule has 0 atom stereocenters. The molecule has 0 bridgehead atoms. The van der Waals surface area contributed by atoms with E-state index in [1.54, 1.807) is 9.58 Å². The van der Waals surface area contributed by atoms with Crippen molar-refractivity contribution in [3.63, 3.8) is 0 Å². The van der Waals surface area contributed by atoms with E-state index in [0.717, 1.165) is 28.0 Å². The van der Waals surface area contributed by atoms with Gasteiger partial charge >= 0.3 is 0 Å². The van der Waals surface area contributed by atoms with Crippen LogP contribution < -0.4 is 0 Å². The van der Waals surface area contributed by atoms with Crippen LogP contribution in [0.25, 0.3) is 11.0 Å². The molecule has 0 N–H and O–H groups in total. The van der Waals surface area contributed by atoms with Crippen molar-refractivity contribution in [2.75, 3.05) is 7.05 Å². The van der Waals surface area contributed by atoms with Crippen molar-refractivity contribution in [2.45, 2.75) is 53.0 Å². The zero-order valence-electron chi connectivity index (χ0n) is 17.9. The number of hydrogen-bond donors (Lipinski definition) is 0. The first-order chi connectivity index (χ1) is 13.2. The largest absolute Gasteiger partial charge is 0.337 e. The second-order valence-corrected chi connectivity index (χ2v) is 8.21. The van der Waals surface area contributed by atoms with Gasteiger partial charge in [-0.1, -0.05) is 52.0 Å². The average Bonchev–Trinajstić information content (AvgIpc) is 2.94. The highest BCUT2D eigenvalue weighted by Crippen LogP contribution is 2.26. The predicted molar refractivity (Wildman–Crippen MR) is 114 cm³/mol. The molecule has 148 valence electrons. The average molecular weight is 379 g/mol. The maximum absolute atomic E-state index is 13.3. The number of aromatic nitrogens is 3. The summed E-state index contributed by atoms with van der Waals surface area (Å²) >= 11 is 0. The van der Waals surface area contributed by atoms with Gasteiger partial charge in [-0.25, -0.2) is 4.98 Å². The van der Waals surface area contributed by atoms with E-state index in [-0.39, 0.29) is 11.8 Å². The van der Waals surface area contributed by atoms with Crippen LogP contribution in [-0.4, -0.2) is 32.6 Å². The van der Waals surface area contributed by atoms with Gasteiger partial charge in [-0.05, 0) is 36.0 Å². The van der Waals surface area contributed by atoms with Gasteiger partial charge in [0.25, 0.3) is 5.91 Å². The molecule has 0 saturated carbocycles. The van der Waals surface area contributed by atoms with E-state index in [1.165, 1.54) is 5.56 Å². The fourth-order valence-electron chi connectivity index (χ4n) is 3.49. The van der Waals surface area contributed by atoms with Gasteiger partial charge in [0, 0.05) is 26.3 Å². The van der Waals surface area contributed by atoms with Crippen molar-refractivity contribution in [3.8, 4) is 0 Å². The maximum atomic E-state index is 13.3. The lowest BCUT2D eigenvalue weighted by atomic mass is 10.0. The van der Waals surface area contributed by atoms with Crippen LogP contribution in [0.1, 0.15) is 72.4 Å². The Morgan fingerprint density at radius 2 is 1.75 bits per heavy atom. The molecular weight excluding hydrogens is 348 g/mol. The first kappa shape index (κ1) is 20.1. The Labute approximate surface area is 167 Å². The molecule has 0 fully saturated rings. The number of amides is 1. The quantitative estimate of drug-likeness (QED) is 0.641. The molecule has 1 amide bonds. The Hall–Kier alpha value is -2.69. The molecule has 5 heteroatoms. The van der Waals surface area contributed by atoms with Crippen molar-refractivity contribution in [1.29, 1.82) is 0 Å². The fraction of sp³-hybridized carbons (Fsp3) is 0.435. The molecule has 3 rings (SSSR count). The van der Waals surface area contributed by atoms with Gasteiger partial charge in [0.1, 0.15) is 0 Å². The van der Waals surface area contributed by atoms with Crippen molar-refractivity contribution < 1.29 is 4.79 Å². The Kier molecular flexibility index (Phi) is 5.54. The van der Waals surface area contributed by atoms with Gasteiger partial charge in [0.2, 0.25) is 0 Å². The van der Waals surface area contributed by atoms with Crippen molar-refractivity contribution in [1.82, 2.24) is 19.7 Å². The van der Waals surface area contributed by atoms with Gasteiger partial charge in [-0.3, -0.25) is 9.48 Å².